The predicted octanol–water partition coefficient (Wildman–Crippen LogP) is 4.62. The monoisotopic (exact) mass is 445 g/mol. The van der Waals surface area contributed by atoms with E-state index < -0.39 is 0 Å². The minimum Gasteiger partial charge on any atom is -0.372 e. The summed E-state index contributed by atoms with van der Waals surface area (Å²) in [4.78, 5) is 2.49. The van der Waals surface area contributed by atoms with Crippen LogP contribution < -0.4 is 5.32 Å². The number of likely N-dealkylation sites (N-methyl/N-ethyl adjacent to an activating group) is 1. The van der Waals surface area contributed by atoms with Crippen molar-refractivity contribution in [3.05, 3.63) is 0 Å². The van der Waals surface area contributed by atoms with Gasteiger partial charge in [-0.2, -0.15) is 5.26 Å². The van der Waals surface area contributed by atoms with Crippen LogP contribution >= 0.6 is 0 Å². The number of hydrogen-bond donors (Lipinski definition) is 1. The highest BCUT2D eigenvalue weighted by Gasteiger charge is 2.51. The lowest BCUT2D eigenvalue weighted by Crippen LogP contribution is -2.52. The van der Waals surface area contributed by atoms with Crippen LogP contribution in [0.2, 0.25) is 0 Å². The molecular formula is C27H47N3O2. The van der Waals surface area contributed by atoms with Gasteiger partial charge in [0.25, 0.3) is 0 Å². The number of rotatable bonds is 7. The Bertz CT molecular complexity index is 650. The standard InChI is InChI=1S/C27H47N3O2/c1-19(2)24-15-29-14-22(31-24)12-20(3)25-17-30(5)16-23(32-25)13-21(4)27-9-6-26(18-28,7-10-27)8-11-27/h19-25,29H,6-17H2,1-5H3. The van der Waals surface area contributed by atoms with Gasteiger partial charge in [-0.05, 0) is 81.6 Å². The van der Waals surface area contributed by atoms with Crippen molar-refractivity contribution in [3.63, 3.8) is 0 Å². The zero-order valence-electron chi connectivity index (χ0n) is 21.2. The van der Waals surface area contributed by atoms with Crippen molar-refractivity contribution in [2.45, 2.75) is 103 Å². The summed E-state index contributed by atoms with van der Waals surface area (Å²) in [7, 11) is 2.26. The molecule has 5 aliphatic rings. The SMILES string of the molecule is CC(C)C1CNCC(CC(C)C2CN(C)CC(CC(C)C34CCC(C#N)(CC3)CC4)O2)O1. The van der Waals surface area contributed by atoms with Gasteiger partial charge in [-0.25, -0.2) is 0 Å². The number of nitriles is 1. The number of hydrogen-bond acceptors (Lipinski definition) is 5. The maximum atomic E-state index is 9.63. The highest BCUT2D eigenvalue weighted by atomic mass is 16.5. The fourth-order valence-electron chi connectivity index (χ4n) is 7.10. The summed E-state index contributed by atoms with van der Waals surface area (Å²) in [6.45, 7) is 13.3. The molecule has 3 saturated carbocycles. The Morgan fingerprint density at radius 2 is 1.56 bits per heavy atom. The quantitative estimate of drug-likeness (QED) is 0.620. The molecule has 5 nitrogen and oxygen atoms in total. The summed E-state index contributed by atoms with van der Waals surface area (Å²) < 4.78 is 13.2. The average Bonchev–Trinajstić information content (AvgIpc) is 2.80. The molecule has 6 atom stereocenters. The van der Waals surface area contributed by atoms with E-state index in [1.807, 2.05) is 0 Å². The summed E-state index contributed by atoms with van der Waals surface area (Å²) in [5.41, 5.74) is 0.459. The van der Waals surface area contributed by atoms with Gasteiger partial charge in [-0.1, -0.05) is 27.7 Å². The zero-order chi connectivity index (χ0) is 22.9. The molecule has 0 amide bonds. The summed E-state index contributed by atoms with van der Waals surface area (Å²) in [6.07, 6.45) is 10.5. The Kier molecular flexibility index (Phi) is 7.57. The molecule has 0 spiro atoms. The van der Waals surface area contributed by atoms with Crippen molar-refractivity contribution in [3.8, 4) is 6.07 Å². The fraction of sp³-hybridized carbons (Fsp3) is 0.963. The Labute approximate surface area is 196 Å². The van der Waals surface area contributed by atoms with Crippen LogP contribution in [-0.4, -0.2) is 62.5 Å². The number of nitrogens with one attached hydrogen (secondary N) is 1. The van der Waals surface area contributed by atoms with Crippen molar-refractivity contribution in [2.24, 2.45) is 28.6 Å². The fourth-order valence-corrected chi connectivity index (χ4v) is 7.10. The van der Waals surface area contributed by atoms with Crippen LogP contribution in [0.25, 0.3) is 0 Å². The van der Waals surface area contributed by atoms with E-state index in [0.29, 0.717) is 41.5 Å². The van der Waals surface area contributed by atoms with Crippen molar-refractivity contribution in [1.29, 1.82) is 5.26 Å². The smallest absolute Gasteiger partial charge is 0.0732 e. The number of nitrogens with zero attached hydrogens (tertiary/aromatic N) is 2. The molecule has 0 radical (unpaired) electrons. The van der Waals surface area contributed by atoms with Gasteiger partial charge in [0, 0.05) is 26.2 Å². The molecule has 2 aliphatic heterocycles. The molecule has 5 fully saturated rings. The molecule has 1 N–H and O–H groups in total. The van der Waals surface area contributed by atoms with Crippen LogP contribution in [0.15, 0.2) is 0 Å². The van der Waals surface area contributed by atoms with E-state index in [0.717, 1.165) is 58.3 Å². The first-order valence-electron chi connectivity index (χ1n) is 13.4. The van der Waals surface area contributed by atoms with Gasteiger partial charge in [-0.3, -0.25) is 0 Å². The van der Waals surface area contributed by atoms with E-state index in [1.54, 1.807) is 0 Å². The van der Waals surface area contributed by atoms with Gasteiger partial charge in [0.15, 0.2) is 0 Å². The minimum absolute atomic E-state index is 0.00811. The molecule has 5 heteroatoms. The summed E-state index contributed by atoms with van der Waals surface area (Å²) in [5, 5.41) is 13.2. The van der Waals surface area contributed by atoms with Crippen LogP contribution in [0, 0.1) is 39.9 Å². The first kappa shape index (κ1) is 24.5. The second kappa shape index (κ2) is 9.90. The Morgan fingerprint density at radius 3 is 2.19 bits per heavy atom. The molecule has 3 aliphatic carbocycles. The first-order valence-corrected chi connectivity index (χ1v) is 13.4. The largest absolute Gasteiger partial charge is 0.372 e. The second-order valence-electron chi connectivity index (χ2n) is 12.3. The van der Waals surface area contributed by atoms with Crippen LogP contribution in [0.1, 0.15) is 79.1 Å². The van der Waals surface area contributed by atoms with Crippen LogP contribution in [-0.2, 0) is 9.47 Å². The molecule has 2 saturated heterocycles. The van der Waals surface area contributed by atoms with E-state index in [2.05, 4.69) is 51.0 Å². The highest BCUT2D eigenvalue weighted by molar-refractivity contribution is 5.10. The third kappa shape index (κ3) is 5.19. The predicted molar refractivity (Wildman–Crippen MR) is 128 cm³/mol. The maximum Gasteiger partial charge on any atom is 0.0732 e. The molecule has 0 aromatic heterocycles. The third-order valence-corrected chi connectivity index (χ3v) is 9.68. The maximum absolute atomic E-state index is 9.63. The van der Waals surface area contributed by atoms with Gasteiger partial charge >= 0.3 is 0 Å². The number of fused-ring (bicyclic) bond motifs is 3. The average molecular weight is 446 g/mol. The summed E-state index contributed by atoms with van der Waals surface area (Å²) in [6, 6.07) is 2.66. The highest BCUT2D eigenvalue weighted by Crippen LogP contribution is 2.60. The molecule has 0 aromatic rings. The molecule has 182 valence electrons. The van der Waals surface area contributed by atoms with E-state index in [4.69, 9.17) is 9.47 Å². The van der Waals surface area contributed by atoms with Crippen LogP contribution in [0.3, 0.4) is 0 Å². The van der Waals surface area contributed by atoms with Gasteiger partial charge in [0.1, 0.15) is 0 Å². The van der Waals surface area contributed by atoms with Crippen molar-refractivity contribution in [2.75, 3.05) is 33.2 Å². The lowest BCUT2D eigenvalue weighted by Gasteiger charge is -2.54. The van der Waals surface area contributed by atoms with E-state index >= 15 is 0 Å². The lowest BCUT2D eigenvalue weighted by molar-refractivity contribution is -0.131. The molecule has 2 bridgehead atoms. The second-order valence-corrected chi connectivity index (χ2v) is 12.3. The van der Waals surface area contributed by atoms with E-state index in [9.17, 15) is 5.26 Å². The van der Waals surface area contributed by atoms with E-state index in [1.165, 1.54) is 19.3 Å². The Balaban J connectivity index is 1.31. The number of ether oxygens (including phenoxy) is 2. The van der Waals surface area contributed by atoms with Gasteiger partial charge in [0.05, 0.1) is 35.9 Å². The lowest BCUT2D eigenvalue weighted by atomic mass is 9.50. The molecule has 2 heterocycles. The third-order valence-electron chi connectivity index (χ3n) is 9.68. The van der Waals surface area contributed by atoms with E-state index in [-0.39, 0.29) is 11.5 Å². The normalized spacial score (nSPS) is 42.5. The van der Waals surface area contributed by atoms with Gasteiger partial charge in [-0.15, -0.1) is 0 Å². The molecule has 6 unspecified atom stereocenters. The molecule has 0 aromatic carbocycles. The number of morpholine rings is 2. The topological polar surface area (TPSA) is 57.5 Å². The minimum atomic E-state index is 0.00811. The summed E-state index contributed by atoms with van der Waals surface area (Å²) >= 11 is 0. The van der Waals surface area contributed by atoms with Crippen molar-refractivity contribution >= 4 is 0 Å². The van der Waals surface area contributed by atoms with Crippen LogP contribution in [0.4, 0.5) is 0 Å². The van der Waals surface area contributed by atoms with Crippen LogP contribution in [0.5, 0.6) is 0 Å². The van der Waals surface area contributed by atoms with Gasteiger partial charge in [0.2, 0.25) is 0 Å². The Morgan fingerprint density at radius 1 is 0.906 bits per heavy atom. The zero-order valence-corrected chi connectivity index (χ0v) is 21.2. The summed E-state index contributed by atoms with van der Waals surface area (Å²) in [5.74, 6) is 1.72. The van der Waals surface area contributed by atoms with Gasteiger partial charge < -0.3 is 19.7 Å². The molecular weight excluding hydrogens is 398 g/mol. The Hall–Kier alpha value is -0.670. The van der Waals surface area contributed by atoms with Crippen molar-refractivity contribution < 1.29 is 9.47 Å². The van der Waals surface area contributed by atoms with Crippen molar-refractivity contribution in [1.82, 2.24) is 10.2 Å². The molecule has 32 heavy (non-hydrogen) atoms. The molecule has 5 rings (SSSR count). The first-order chi connectivity index (χ1) is 15.2.